The molecule has 1 aliphatic heterocycles. The van der Waals surface area contributed by atoms with Crippen LogP contribution in [0.1, 0.15) is 64.6 Å². The summed E-state index contributed by atoms with van der Waals surface area (Å²) >= 11 is 0. The van der Waals surface area contributed by atoms with E-state index in [1.807, 2.05) is 0 Å². The summed E-state index contributed by atoms with van der Waals surface area (Å²) in [6.07, 6.45) is 2.96. The molecule has 0 saturated carbocycles. The fraction of sp³-hybridized carbons (Fsp3) is 0.242. The van der Waals surface area contributed by atoms with E-state index in [2.05, 4.69) is 10.5 Å². The number of rotatable bonds is 10. The predicted molar refractivity (Wildman–Crippen MR) is 156 cm³/mol. The summed E-state index contributed by atoms with van der Waals surface area (Å²) < 4.78 is 18.3. The molecule has 1 atom stereocenters. The standard InChI is InChI=1S/C33H31FN2O6/c1-33(2,3)41-32(40)28-20-27(36-42-28)23-11-13-25(14-12-23)31(39)30(38)24-9-4-21(5-10-24)8-17-29(37)35-19-18-22-6-15-26(34)16-7-22/h4-17,28H,18-20H2,1-3H3,(H,35,37). The Bertz CT molecular complexity index is 1520. The van der Waals surface area contributed by atoms with Crippen LogP contribution in [0.3, 0.4) is 0 Å². The smallest absolute Gasteiger partial charge is 0.351 e. The molecule has 0 bridgehead atoms. The number of hydrogen-bond acceptors (Lipinski definition) is 7. The molecule has 9 heteroatoms. The number of halogens is 1. The van der Waals surface area contributed by atoms with E-state index in [0.717, 1.165) is 5.56 Å². The van der Waals surface area contributed by atoms with Crippen LogP contribution in [-0.2, 0) is 25.6 Å². The molecule has 0 spiro atoms. The van der Waals surface area contributed by atoms with Crippen molar-refractivity contribution >= 4 is 35.2 Å². The van der Waals surface area contributed by atoms with E-state index in [0.29, 0.717) is 29.8 Å². The number of nitrogens with one attached hydrogen (secondary N) is 1. The number of amides is 1. The van der Waals surface area contributed by atoms with Crippen LogP contribution < -0.4 is 5.32 Å². The Kier molecular flexibility index (Phi) is 9.42. The molecule has 8 nitrogen and oxygen atoms in total. The van der Waals surface area contributed by atoms with Gasteiger partial charge in [-0.25, -0.2) is 9.18 Å². The van der Waals surface area contributed by atoms with Crippen LogP contribution in [0.2, 0.25) is 0 Å². The summed E-state index contributed by atoms with van der Waals surface area (Å²) in [6.45, 7) is 5.71. The van der Waals surface area contributed by atoms with Crippen LogP contribution in [0, 0.1) is 5.82 Å². The topological polar surface area (TPSA) is 111 Å². The number of ketones is 2. The number of hydrogen-bond donors (Lipinski definition) is 1. The van der Waals surface area contributed by atoms with Gasteiger partial charge in [-0.15, -0.1) is 0 Å². The number of nitrogens with zero attached hydrogens (tertiary/aromatic N) is 1. The first-order valence-electron chi connectivity index (χ1n) is 13.4. The molecule has 1 amide bonds. The maximum Gasteiger partial charge on any atom is 0.351 e. The maximum atomic E-state index is 13.0. The first kappa shape index (κ1) is 30.0. The van der Waals surface area contributed by atoms with E-state index in [1.165, 1.54) is 42.5 Å². The SMILES string of the molecule is CC(C)(C)OC(=O)C1CC(c2ccc(C(=O)C(=O)c3ccc(C=CC(=O)NCCc4ccc(F)cc4)cc3)cc2)=NO1. The minimum atomic E-state index is -0.831. The van der Waals surface area contributed by atoms with Crippen molar-refractivity contribution in [3.8, 4) is 0 Å². The third-order valence-electron chi connectivity index (χ3n) is 6.25. The van der Waals surface area contributed by atoms with Crippen LogP contribution in [0.25, 0.3) is 6.08 Å². The summed E-state index contributed by atoms with van der Waals surface area (Å²) in [4.78, 5) is 55.2. The number of ether oxygens (including phenoxy) is 1. The van der Waals surface area contributed by atoms with Crippen LogP contribution in [-0.4, -0.2) is 47.4 Å². The van der Waals surface area contributed by atoms with Gasteiger partial charge >= 0.3 is 5.97 Å². The molecule has 0 radical (unpaired) electrons. The fourth-order valence-electron chi connectivity index (χ4n) is 4.08. The summed E-state index contributed by atoms with van der Waals surface area (Å²) in [5.74, 6) is -2.42. The molecule has 0 fully saturated rings. The molecule has 3 aromatic rings. The Morgan fingerprint density at radius 1 is 0.929 bits per heavy atom. The van der Waals surface area contributed by atoms with Gasteiger partial charge in [0.25, 0.3) is 0 Å². The van der Waals surface area contributed by atoms with Gasteiger partial charge in [-0.1, -0.05) is 65.8 Å². The number of esters is 1. The van der Waals surface area contributed by atoms with Crippen molar-refractivity contribution < 1.29 is 33.1 Å². The molecule has 42 heavy (non-hydrogen) atoms. The van der Waals surface area contributed by atoms with E-state index in [4.69, 9.17) is 9.57 Å². The Morgan fingerprint density at radius 2 is 1.52 bits per heavy atom. The van der Waals surface area contributed by atoms with Crippen LogP contribution in [0.15, 0.2) is 84.0 Å². The molecular formula is C33H31FN2O6. The molecule has 1 heterocycles. The molecule has 1 unspecified atom stereocenters. The van der Waals surface area contributed by atoms with Crippen molar-refractivity contribution in [2.75, 3.05) is 6.54 Å². The first-order chi connectivity index (χ1) is 20.0. The lowest BCUT2D eigenvalue weighted by Gasteiger charge is -2.20. The Morgan fingerprint density at radius 3 is 2.12 bits per heavy atom. The summed E-state index contributed by atoms with van der Waals surface area (Å²) in [7, 11) is 0. The van der Waals surface area contributed by atoms with E-state index in [-0.39, 0.29) is 29.3 Å². The molecule has 1 N–H and O–H groups in total. The lowest BCUT2D eigenvalue weighted by Crippen LogP contribution is -2.32. The van der Waals surface area contributed by atoms with E-state index in [9.17, 15) is 23.6 Å². The number of carbonyl (C=O) groups excluding carboxylic acids is 4. The van der Waals surface area contributed by atoms with Gasteiger partial charge in [-0.05, 0) is 62.1 Å². The number of oxime groups is 1. The summed E-state index contributed by atoms with van der Waals surface area (Å²) in [5.41, 5.74) is 2.60. The highest BCUT2D eigenvalue weighted by atomic mass is 19.1. The fourth-order valence-corrected chi connectivity index (χ4v) is 4.08. The molecule has 0 aliphatic carbocycles. The molecule has 1 aliphatic rings. The minimum Gasteiger partial charge on any atom is -0.457 e. The van der Waals surface area contributed by atoms with Gasteiger partial charge in [0, 0.05) is 30.2 Å². The monoisotopic (exact) mass is 570 g/mol. The zero-order valence-electron chi connectivity index (χ0n) is 23.6. The summed E-state index contributed by atoms with van der Waals surface area (Å²) in [6, 6.07) is 18.8. The average Bonchev–Trinajstić information content (AvgIpc) is 3.47. The zero-order chi connectivity index (χ0) is 30.3. The highest BCUT2D eigenvalue weighted by molar-refractivity contribution is 6.49. The van der Waals surface area contributed by atoms with Gasteiger partial charge in [0.15, 0.2) is 0 Å². The number of benzene rings is 3. The van der Waals surface area contributed by atoms with E-state index >= 15 is 0 Å². The van der Waals surface area contributed by atoms with Gasteiger partial charge in [-0.2, -0.15) is 0 Å². The third-order valence-corrected chi connectivity index (χ3v) is 6.25. The van der Waals surface area contributed by atoms with Gasteiger partial charge in [0.05, 0.1) is 5.71 Å². The molecule has 0 aromatic heterocycles. The molecule has 3 aromatic carbocycles. The lowest BCUT2D eigenvalue weighted by atomic mass is 9.98. The second-order valence-electron chi connectivity index (χ2n) is 10.7. The maximum absolute atomic E-state index is 13.0. The van der Waals surface area contributed by atoms with Crippen LogP contribution in [0.4, 0.5) is 4.39 Å². The van der Waals surface area contributed by atoms with E-state index in [1.54, 1.807) is 63.2 Å². The lowest BCUT2D eigenvalue weighted by molar-refractivity contribution is -0.166. The predicted octanol–water partition coefficient (Wildman–Crippen LogP) is 5.10. The first-order valence-corrected chi connectivity index (χ1v) is 13.4. The van der Waals surface area contributed by atoms with Gasteiger partial charge in [0.1, 0.15) is 11.4 Å². The third kappa shape index (κ3) is 8.30. The second-order valence-corrected chi connectivity index (χ2v) is 10.7. The Balaban J connectivity index is 1.27. The quantitative estimate of drug-likeness (QED) is 0.157. The molecular weight excluding hydrogens is 539 g/mol. The normalized spacial score (nSPS) is 14.7. The van der Waals surface area contributed by atoms with Crippen LogP contribution >= 0.6 is 0 Å². The van der Waals surface area contributed by atoms with Gasteiger partial charge in [0.2, 0.25) is 23.6 Å². The van der Waals surface area contributed by atoms with Crippen molar-refractivity contribution in [3.63, 3.8) is 0 Å². The zero-order valence-corrected chi connectivity index (χ0v) is 23.6. The number of Topliss-reactive ketones (excluding diaryl/α,β-unsaturated/α-hetero) is 2. The van der Waals surface area contributed by atoms with Crippen molar-refractivity contribution in [2.45, 2.75) is 45.3 Å². The van der Waals surface area contributed by atoms with Gasteiger partial charge < -0.3 is 14.9 Å². The highest BCUT2D eigenvalue weighted by Crippen LogP contribution is 2.21. The summed E-state index contributed by atoms with van der Waals surface area (Å²) in [5, 5.41) is 6.74. The van der Waals surface area contributed by atoms with Crippen molar-refractivity contribution in [1.29, 1.82) is 0 Å². The largest absolute Gasteiger partial charge is 0.457 e. The van der Waals surface area contributed by atoms with Crippen molar-refractivity contribution in [1.82, 2.24) is 5.32 Å². The molecule has 4 rings (SSSR count). The number of carbonyl (C=O) groups is 4. The average molecular weight is 571 g/mol. The van der Waals surface area contributed by atoms with E-state index < -0.39 is 29.2 Å². The minimum absolute atomic E-state index is 0.216. The molecule has 216 valence electrons. The highest BCUT2D eigenvalue weighted by Gasteiger charge is 2.33. The second kappa shape index (κ2) is 13.2. The van der Waals surface area contributed by atoms with Gasteiger partial charge in [-0.3, -0.25) is 14.4 Å². The Labute approximate surface area is 243 Å². The van der Waals surface area contributed by atoms with Crippen LogP contribution in [0.5, 0.6) is 0 Å². The van der Waals surface area contributed by atoms with Crippen molar-refractivity contribution in [2.24, 2.45) is 5.16 Å². The van der Waals surface area contributed by atoms with Crippen molar-refractivity contribution in [3.05, 3.63) is 113 Å². The molecule has 0 saturated heterocycles. The Hall–Kier alpha value is -4.92.